The summed E-state index contributed by atoms with van der Waals surface area (Å²) in [6.07, 6.45) is 2.15. The standard InChI is InChI=1S/C8H13NO2S/c1-2-3-4-9-7(10)5-6(12)8(9)11/h6,12H,2-5H2,1H3. The number of carbonyl (C=O) groups excluding carboxylic acids is 2. The van der Waals surface area contributed by atoms with Crippen molar-refractivity contribution in [1.29, 1.82) is 0 Å². The van der Waals surface area contributed by atoms with Crippen LogP contribution in [0.2, 0.25) is 0 Å². The molecule has 0 aromatic carbocycles. The summed E-state index contributed by atoms with van der Waals surface area (Å²) in [5.74, 6) is -0.203. The fourth-order valence-corrected chi connectivity index (χ4v) is 1.51. The Morgan fingerprint density at radius 2 is 2.25 bits per heavy atom. The van der Waals surface area contributed by atoms with Crippen LogP contribution in [0, 0.1) is 0 Å². The van der Waals surface area contributed by atoms with Gasteiger partial charge in [0.15, 0.2) is 0 Å². The van der Waals surface area contributed by atoms with Gasteiger partial charge in [0.2, 0.25) is 11.8 Å². The minimum Gasteiger partial charge on any atom is -0.282 e. The van der Waals surface area contributed by atoms with E-state index in [1.807, 2.05) is 6.92 Å². The zero-order valence-corrected chi connectivity index (χ0v) is 8.01. The summed E-state index contributed by atoms with van der Waals surface area (Å²) in [6.45, 7) is 2.59. The third-order valence-electron chi connectivity index (χ3n) is 1.96. The van der Waals surface area contributed by atoms with Crippen molar-refractivity contribution in [2.75, 3.05) is 6.54 Å². The van der Waals surface area contributed by atoms with Gasteiger partial charge < -0.3 is 0 Å². The van der Waals surface area contributed by atoms with Crippen molar-refractivity contribution in [1.82, 2.24) is 4.90 Å². The van der Waals surface area contributed by atoms with Crippen LogP contribution in [0.3, 0.4) is 0 Å². The first-order valence-electron chi connectivity index (χ1n) is 4.19. The van der Waals surface area contributed by atoms with Crippen molar-refractivity contribution in [3.8, 4) is 0 Å². The number of hydrogen-bond donors (Lipinski definition) is 1. The van der Waals surface area contributed by atoms with Gasteiger partial charge >= 0.3 is 0 Å². The van der Waals surface area contributed by atoms with E-state index in [-0.39, 0.29) is 18.2 Å². The van der Waals surface area contributed by atoms with Crippen LogP contribution in [0.4, 0.5) is 0 Å². The van der Waals surface area contributed by atoms with Gasteiger partial charge in [0.1, 0.15) is 0 Å². The van der Waals surface area contributed by atoms with Gasteiger partial charge in [-0.3, -0.25) is 14.5 Å². The van der Waals surface area contributed by atoms with Crippen molar-refractivity contribution in [3.05, 3.63) is 0 Å². The van der Waals surface area contributed by atoms with Crippen LogP contribution < -0.4 is 0 Å². The van der Waals surface area contributed by atoms with Crippen molar-refractivity contribution in [2.24, 2.45) is 0 Å². The maximum Gasteiger partial charge on any atom is 0.242 e. The molecule has 1 unspecified atom stereocenters. The smallest absolute Gasteiger partial charge is 0.242 e. The van der Waals surface area contributed by atoms with Crippen molar-refractivity contribution < 1.29 is 9.59 Å². The summed E-state index contributed by atoms with van der Waals surface area (Å²) in [5.41, 5.74) is 0. The lowest BCUT2D eigenvalue weighted by molar-refractivity contribution is -0.138. The Balaban J connectivity index is 2.52. The number of hydrogen-bond acceptors (Lipinski definition) is 3. The molecule has 2 amide bonds. The van der Waals surface area contributed by atoms with E-state index < -0.39 is 5.25 Å². The van der Waals surface area contributed by atoms with Crippen LogP contribution in [0.25, 0.3) is 0 Å². The first kappa shape index (κ1) is 9.58. The summed E-state index contributed by atoms with van der Waals surface area (Å²) in [4.78, 5) is 23.7. The predicted molar refractivity (Wildman–Crippen MR) is 49.0 cm³/mol. The lowest BCUT2D eigenvalue weighted by Crippen LogP contribution is -2.31. The highest BCUT2D eigenvalue weighted by atomic mass is 32.1. The average molecular weight is 187 g/mol. The van der Waals surface area contributed by atoms with Gasteiger partial charge in [-0.05, 0) is 6.42 Å². The second-order valence-electron chi connectivity index (χ2n) is 2.96. The number of nitrogens with zero attached hydrogens (tertiary/aromatic N) is 1. The highest BCUT2D eigenvalue weighted by molar-refractivity contribution is 7.81. The molecule has 4 heteroatoms. The maximum absolute atomic E-state index is 11.3. The second-order valence-corrected chi connectivity index (χ2v) is 3.58. The minimum atomic E-state index is -0.394. The normalized spacial score (nSPS) is 23.8. The van der Waals surface area contributed by atoms with Gasteiger partial charge in [0.05, 0.1) is 5.25 Å². The monoisotopic (exact) mass is 187 g/mol. The third-order valence-corrected chi connectivity index (χ3v) is 2.36. The van der Waals surface area contributed by atoms with E-state index >= 15 is 0 Å². The number of likely N-dealkylation sites (tertiary alicyclic amines) is 1. The molecule has 1 aliphatic rings. The molecular formula is C8H13NO2S. The Morgan fingerprint density at radius 1 is 1.58 bits per heavy atom. The Labute approximate surface area is 77.5 Å². The van der Waals surface area contributed by atoms with E-state index in [0.29, 0.717) is 6.54 Å². The lowest BCUT2D eigenvalue weighted by atomic mass is 10.3. The number of thiol groups is 1. The molecule has 3 nitrogen and oxygen atoms in total. The molecule has 1 fully saturated rings. The zero-order chi connectivity index (χ0) is 9.14. The highest BCUT2D eigenvalue weighted by Gasteiger charge is 2.35. The summed E-state index contributed by atoms with van der Waals surface area (Å²) >= 11 is 4.02. The Morgan fingerprint density at radius 3 is 2.67 bits per heavy atom. The molecule has 12 heavy (non-hydrogen) atoms. The van der Waals surface area contributed by atoms with Crippen molar-refractivity contribution >= 4 is 24.4 Å². The molecular weight excluding hydrogens is 174 g/mol. The molecule has 68 valence electrons. The van der Waals surface area contributed by atoms with Crippen molar-refractivity contribution in [3.63, 3.8) is 0 Å². The van der Waals surface area contributed by atoms with Crippen LogP contribution >= 0.6 is 12.6 Å². The van der Waals surface area contributed by atoms with Gasteiger partial charge in [-0.2, -0.15) is 12.6 Å². The Kier molecular flexibility index (Phi) is 3.14. The molecule has 0 saturated carbocycles. The summed E-state index contributed by atoms with van der Waals surface area (Å²) < 4.78 is 0. The number of imide groups is 1. The molecule has 1 heterocycles. The molecule has 0 spiro atoms. The van der Waals surface area contributed by atoms with Gasteiger partial charge in [0.25, 0.3) is 0 Å². The molecule has 0 N–H and O–H groups in total. The Bertz CT molecular complexity index is 205. The third kappa shape index (κ3) is 1.80. The first-order valence-corrected chi connectivity index (χ1v) is 4.70. The first-order chi connectivity index (χ1) is 5.66. The predicted octanol–water partition coefficient (Wildman–Crippen LogP) is 0.844. The topological polar surface area (TPSA) is 37.4 Å². The van der Waals surface area contributed by atoms with Gasteiger partial charge in [-0.15, -0.1) is 0 Å². The quantitative estimate of drug-likeness (QED) is 0.525. The van der Waals surface area contributed by atoms with Crippen LogP contribution in [-0.2, 0) is 9.59 Å². The van der Waals surface area contributed by atoms with Crippen LogP contribution in [-0.4, -0.2) is 28.5 Å². The SMILES string of the molecule is CCCCN1C(=O)CC(S)C1=O. The molecule has 0 aliphatic carbocycles. The van der Waals surface area contributed by atoms with E-state index in [1.54, 1.807) is 0 Å². The zero-order valence-electron chi connectivity index (χ0n) is 7.12. The molecule has 0 aromatic heterocycles. The summed E-state index contributed by atoms with van der Waals surface area (Å²) in [5, 5.41) is -0.394. The van der Waals surface area contributed by atoms with E-state index in [2.05, 4.69) is 12.6 Å². The van der Waals surface area contributed by atoms with E-state index in [4.69, 9.17) is 0 Å². The fourth-order valence-electron chi connectivity index (χ4n) is 1.22. The number of rotatable bonds is 3. The van der Waals surface area contributed by atoms with Crippen LogP contribution in [0.5, 0.6) is 0 Å². The maximum atomic E-state index is 11.3. The molecule has 0 aromatic rings. The second kappa shape index (κ2) is 3.94. The number of unbranched alkanes of at least 4 members (excludes halogenated alkanes) is 1. The average Bonchev–Trinajstić information content (AvgIpc) is 2.25. The van der Waals surface area contributed by atoms with E-state index in [9.17, 15) is 9.59 Å². The van der Waals surface area contributed by atoms with Gasteiger partial charge in [-0.25, -0.2) is 0 Å². The molecule has 0 radical (unpaired) electrons. The van der Waals surface area contributed by atoms with Gasteiger partial charge in [-0.1, -0.05) is 13.3 Å². The summed E-state index contributed by atoms with van der Waals surface area (Å²) in [6, 6.07) is 0. The van der Waals surface area contributed by atoms with Gasteiger partial charge in [0, 0.05) is 13.0 Å². The molecule has 1 saturated heterocycles. The largest absolute Gasteiger partial charge is 0.282 e. The Hall–Kier alpha value is -0.510. The lowest BCUT2D eigenvalue weighted by Gasteiger charge is -2.12. The van der Waals surface area contributed by atoms with Crippen LogP contribution in [0.1, 0.15) is 26.2 Å². The van der Waals surface area contributed by atoms with Crippen molar-refractivity contribution in [2.45, 2.75) is 31.4 Å². The van der Waals surface area contributed by atoms with E-state index in [1.165, 1.54) is 4.90 Å². The number of amides is 2. The van der Waals surface area contributed by atoms with E-state index in [0.717, 1.165) is 12.8 Å². The molecule has 1 aliphatic heterocycles. The number of carbonyl (C=O) groups is 2. The highest BCUT2D eigenvalue weighted by Crippen LogP contribution is 2.17. The summed E-state index contributed by atoms with van der Waals surface area (Å²) in [7, 11) is 0. The molecule has 0 bridgehead atoms. The molecule has 1 rings (SSSR count). The fraction of sp³-hybridized carbons (Fsp3) is 0.750. The minimum absolute atomic E-state index is 0.0755. The van der Waals surface area contributed by atoms with Crippen LogP contribution in [0.15, 0.2) is 0 Å². The molecule has 1 atom stereocenters.